The van der Waals surface area contributed by atoms with Crippen LogP contribution in [0.5, 0.6) is 0 Å². The lowest BCUT2D eigenvalue weighted by Crippen LogP contribution is -2.23. The number of halogens is 1. The lowest BCUT2D eigenvalue weighted by Gasteiger charge is -2.17. The minimum atomic E-state index is -0.127. The third kappa shape index (κ3) is 2.96. The van der Waals surface area contributed by atoms with Gasteiger partial charge in [-0.2, -0.15) is 0 Å². The number of hydrogen-bond donors (Lipinski definition) is 0. The highest BCUT2D eigenvalue weighted by Crippen LogP contribution is 2.40. The molecule has 2 aromatic carbocycles. The van der Waals surface area contributed by atoms with Gasteiger partial charge >= 0.3 is 0 Å². The number of nitrogens with zero attached hydrogens (tertiary/aromatic N) is 1. The molecule has 0 bridgehead atoms. The summed E-state index contributed by atoms with van der Waals surface area (Å²) in [6.45, 7) is 1.49. The van der Waals surface area contributed by atoms with Crippen LogP contribution < -0.4 is 4.90 Å². The summed E-state index contributed by atoms with van der Waals surface area (Å²) in [7, 11) is 0. The number of anilines is 1. The van der Waals surface area contributed by atoms with Crippen LogP contribution in [0.15, 0.2) is 64.5 Å². The van der Waals surface area contributed by atoms with E-state index >= 15 is 0 Å². The Bertz CT molecular complexity index is 784. The number of benzene rings is 2. The van der Waals surface area contributed by atoms with Crippen molar-refractivity contribution in [2.24, 2.45) is 0 Å². The first-order valence-corrected chi connectivity index (χ1v) is 8.54. The van der Waals surface area contributed by atoms with Crippen LogP contribution in [0.4, 0.5) is 5.69 Å². The first-order chi connectivity index (χ1) is 10.6. The number of carbonyl (C=O) groups excluding carboxylic acids is 2. The van der Waals surface area contributed by atoms with Gasteiger partial charge in [-0.25, -0.2) is 0 Å². The topological polar surface area (TPSA) is 37.4 Å². The number of carbonyl (C=O) groups is 2. The first kappa shape index (κ1) is 15.3. The predicted molar refractivity (Wildman–Crippen MR) is 97.0 cm³/mol. The molecule has 5 heteroatoms. The van der Waals surface area contributed by atoms with Gasteiger partial charge in [0.15, 0.2) is 0 Å². The Labute approximate surface area is 146 Å². The molecule has 1 aliphatic heterocycles. The Morgan fingerprint density at radius 3 is 2.45 bits per heavy atom. The molecule has 0 spiro atoms. The van der Waals surface area contributed by atoms with Crippen LogP contribution in [0.3, 0.4) is 0 Å². The highest BCUT2D eigenvalue weighted by Gasteiger charge is 2.26. The molecule has 0 aliphatic carbocycles. The molecule has 0 saturated heterocycles. The number of rotatable bonds is 2. The number of amides is 1. The normalized spacial score (nSPS) is 15.0. The summed E-state index contributed by atoms with van der Waals surface area (Å²) in [4.78, 5) is 27.4. The molecule has 0 aromatic heterocycles. The van der Waals surface area contributed by atoms with Crippen molar-refractivity contribution in [3.05, 3.63) is 68.8 Å². The summed E-state index contributed by atoms with van der Waals surface area (Å²) in [5.74, 6) is -0.157. The molecule has 2 aromatic rings. The van der Waals surface area contributed by atoms with E-state index in [0.29, 0.717) is 10.5 Å². The third-order valence-corrected chi connectivity index (χ3v) is 5.07. The fourth-order valence-corrected chi connectivity index (χ4v) is 3.57. The number of ketones is 1. The van der Waals surface area contributed by atoms with E-state index in [0.717, 1.165) is 14.2 Å². The highest BCUT2D eigenvalue weighted by molar-refractivity contribution is 14.1. The van der Waals surface area contributed by atoms with Crippen LogP contribution in [0.25, 0.3) is 0 Å². The van der Waals surface area contributed by atoms with Crippen LogP contribution in [0.1, 0.15) is 17.3 Å². The predicted octanol–water partition coefficient (Wildman–Crippen LogP) is 4.47. The number of hydrogen-bond acceptors (Lipinski definition) is 3. The van der Waals surface area contributed by atoms with Gasteiger partial charge in [0, 0.05) is 32.8 Å². The summed E-state index contributed by atoms with van der Waals surface area (Å²) in [6, 6.07) is 15.1. The lowest BCUT2D eigenvalue weighted by atomic mass is 10.1. The minimum absolute atomic E-state index is 0.0302. The van der Waals surface area contributed by atoms with E-state index in [4.69, 9.17) is 0 Å². The van der Waals surface area contributed by atoms with Gasteiger partial charge in [0.25, 0.3) is 0 Å². The van der Waals surface area contributed by atoms with Crippen LogP contribution in [-0.4, -0.2) is 11.7 Å². The molecule has 0 saturated carbocycles. The van der Waals surface area contributed by atoms with Crippen molar-refractivity contribution in [3.8, 4) is 0 Å². The molecule has 0 atom stereocenters. The zero-order valence-electron chi connectivity index (χ0n) is 11.7. The molecule has 0 unspecified atom stereocenters. The van der Waals surface area contributed by atoms with Gasteiger partial charge in [0.05, 0.1) is 4.91 Å². The molecule has 1 heterocycles. The average molecular weight is 421 g/mol. The minimum Gasteiger partial charge on any atom is -0.288 e. The van der Waals surface area contributed by atoms with Crippen molar-refractivity contribution in [2.75, 3.05) is 4.90 Å². The number of fused-ring (bicyclic) bond motifs is 1. The van der Waals surface area contributed by atoms with E-state index in [1.54, 1.807) is 6.20 Å². The number of thioether (sulfide) groups is 1. The Balaban J connectivity index is 1.97. The van der Waals surface area contributed by atoms with Crippen molar-refractivity contribution in [1.82, 2.24) is 0 Å². The van der Waals surface area contributed by atoms with Crippen molar-refractivity contribution < 1.29 is 9.59 Å². The van der Waals surface area contributed by atoms with E-state index in [9.17, 15) is 9.59 Å². The molecular formula is C17H12INO2S. The SMILES string of the molecule is CC(=O)N(C=C1Sc2ccccc2C1=O)c1ccc(I)cc1. The summed E-state index contributed by atoms with van der Waals surface area (Å²) in [6.07, 6.45) is 1.64. The maximum Gasteiger partial charge on any atom is 0.227 e. The Hall–Kier alpha value is -1.60. The molecule has 3 rings (SSSR count). The van der Waals surface area contributed by atoms with Crippen LogP contribution in [-0.2, 0) is 4.79 Å². The molecule has 3 nitrogen and oxygen atoms in total. The summed E-state index contributed by atoms with van der Waals surface area (Å²) >= 11 is 3.62. The van der Waals surface area contributed by atoms with Crippen LogP contribution in [0, 0.1) is 3.57 Å². The molecule has 0 N–H and O–H groups in total. The Morgan fingerprint density at radius 2 is 1.82 bits per heavy atom. The third-order valence-electron chi connectivity index (χ3n) is 3.27. The molecular weight excluding hydrogens is 409 g/mol. The maximum atomic E-state index is 12.4. The Kier molecular flexibility index (Phi) is 4.35. The van der Waals surface area contributed by atoms with E-state index in [-0.39, 0.29) is 11.7 Å². The zero-order valence-corrected chi connectivity index (χ0v) is 14.7. The van der Waals surface area contributed by atoms with Crippen molar-refractivity contribution >= 4 is 51.7 Å². The standard InChI is InChI=1S/C17H12INO2S/c1-11(20)19(13-8-6-12(18)7-9-13)10-16-17(21)14-4-2-3-5-15(14)22-16/h2-10H,1H3. The van der Waals surface area contributed by atoms with Gasteiger partial charge in [0.2, 0.25) is 11.7 Å². The van der Waals surface area contributed by atoms with Crippen LogP contribution >= 0.6 is 34.4 Å². The smallest absolute Gasteiger partial charge is 0.227 e. The van der Waals surface area contributed by atoms with Gasteiger partial charge in [-0.1, -0.05) is 23.9 Å². The summed E-state index contributed by atoms with van der Waals surface area (Å²) < 4.78 is 1.09. The first-order valence-electron chi connectivity index (χ1n) is 6.65. The van der Waals surface area contributed by atoms with E-state index in [2.05, 4.69) is 22.6 Å². The van der Waals surface area contributed by atoms with Gasteiger partial charge in [-0.3, -0.25) is 14.5 Å². The quantitative estimate of drug-likeness (QED) is 0.531. The van der Waals surface area contributed by atoms with Crippen molar-refractivity contribution in [2.45, 2.75) is 11.8 Å². The second-order valence-corrected chi connectivity index (χ2v) is 7.12. The number of allylic oxidation sites excluding steroid dienone is 1. The highest BCUT2D eigenvalue weighted by atomic mass is 127. The second kappa shape index (κ2) is 6.26. The molecule has 1 aliphatic rings. The van der Waals surface area contributed by atoms with Gasteiger partial charge in [-0.15, -0.1) is 0 Å². The van der Waals surface area contributed by atoms with Crippen LogP contribution in [0.2, 0.25) is 0 Å². The average Bonchev–Trinajstić information content (AvgIpc) is 2.82. The van der Waals surface area contributed by atoms with Crippen molar-refractivity contribution in [3.63, 3.8) is 0 Å². The molecule has 110 valence electrons. The molecule has 0 radical (unpaired) electrons. The summed E-state index contributed by atoms with van der Waals surface area (Å²) in [5.41, 5.74) is 1.45. The largest absolute Gasteiger partial charge is 0.288 e. The molecule has 0 fully saturated rings. The molecule has 1 amide bonds. The van der Waals surface area contributed by atoms with Gasteiger partial charge in [-0.05, 0) is 59.0 Å². The second-order valence-electron chi connectivity index (χ2n) is 4.79. The van der Waals surface area contributed by atoms with E-state index in [1.165, 1.54) is 23.6 Å². The fourth-order valence-electron chi connectivity index (χ4n) is 2.19. The number of Topliss-reactive ketones (excluding diaryl/α,β-unsaturated/α-hetero) is 1. The zero-order chi connectivity index (χ0) is 15.7. The van der Waals surface area contributed by atoms with Crippen molar-refractivity contribution in [1.29, 1.82) is 0 Å². The lowest BCUT2D eigenvalue weighted by molar-refractivity contribution is -0.116. The van der Waals surface area contributed by atoms with Gasteiger partial charge < -0.3 is 0 Å². The van der Waals surface area contributed by atoms with E-state index < -0.39 is 0 Å². The van der Waals surface area contributed by atoms with Gasteiger partial charge in [0.1, 0.15) is 0 Å². The Morgan fingerprint density at radius 1 is 1.14 bits per heavy atom. The molecule has 22 heavy (non-hydrogen) atoms. The maximum absolute atomic E-state index is 12.4. The van der Waals surface area contributed by atoms with E-state index in [1.807, 2.05) is 48.5 Å². The fraction of sp³-hybridized carbons (Fsp3) is 0.0588. The monoisotopic (exact) mass is 421 g/mol. The summed E-state index contributed by atoms with van der Waals surface area (Å²) in [5, 5.41) is 0.